The van der Waals surface area contributed by atoms with Crippen molar-refractivity contribution in [2.75, 3.05) is 13.2 Å². The molecule has 0 amide bonds. The fourth-order valence-corrected chi connectivity index (χ4v) is 16.2. The van der Waals surface area contributed by atoms with Gasteiger partial charge >= 0.3 is 29.6 Å². The number of rotatable bonds is 18. The Bertz CT molecular complexity index is 2460. The minimum absolute atomic E-state index is 0. The number of allylic oxidation sites excluding steroid dienone is 2. The van der Waals surface area contributed by atoms with Gasteiger partial charge in [0.2, 0.25) is 10.4 Å². The molecule has 13 N–H and O–H groups in total. The molecule has 87 heavy (non-hydrogen) atoms. The van der Waals surface area contributed by atoms with Gasteiger partial charge in [-0.1, -0.05) is 46.3 Å². The molecule has 0 aromatic carbocycles. The molecule has 0 bridgehead atoms. The molecule has 3 saturated carbocycles. The summed E-state index contributed by atoms with van der Waals surface area (Å²) in [6.45, 7) is 14.4. The van der Waals surface area contributed by atoms with Gasteiger partial charge in [-0.3, -0.25) is 8.98 Å². The normalized spacial score (nSPS) is 50.6. The van der Waals surface area contributed by atoms with Crippen molar-refractivity contribution >= 4 is 16.2 Å². The quantitative estimate of drug-likeness (QED) is 0.0263. The van der Waals surface area contributed by atoms with Crippen LogP contribution in [-0.2, 0) is 66.7 Å². The molecule has 0 aromatic heterocycles. The van der Waals surface area contributed by atoms with E-state index < -0.39 is 206 Å². The summed E-state index contributed by atoms with van der Waals surface area (Å²) in [5.74, 6) is -1.17. The Morgan fingerprint density at radius 2 is 1.20 bits per heavy atom. The summed E-state index contributed by atoms with van der Waals surface area (Å²) in [4.78, 5) is 13.5. The van der Waals surface area contributed by atoms with Gasteiger partial charge in [0.1, 0.15) is 103 Å². The fourth-order valence-electron chi connectivity index (χ4n) is 15.7. The number of ketones is 1. The van der Waals surface area contributed by atoms with E-state index in [0.29, 0.717) is 32.1 Å². The Labute approximate surface area is 528 Å². The molecule has 4 aliphatic carbocycles. The first-order chi connectivity index (χ1) is 40.1. The molecule has 9 rings (SSSR count). The van der Waals surface area contributed by atoms with Crippen LogP contribution >= 0.6 is 0 Å². The van der Waals surface area contributed by atoms with Gasteiger partial charge in [-0.15, -0.1) is 0 Å². The number of fused-ring (bicyclic) bond motifs is 5. The molecular formula is C57H93NaO28S. The Kier molecular flexibility index (Phi) is 23.2. The number of hydrogen-bond donors (Lipinski definition) is 13. The van der Waals surface area contributed by atoms with E-state index >= 15 is 0 Å². The van der Waals surface area contributed by atoms with E-state index in [1.165, 1.54) is 20.8 Å². The van der Waals surface area contributed by atoms with Crippen LogP contribution in [0, 0.1) is 46.3 Å². The van der Waals surface area contributed by atoms with Crippen LogP contribution in [0.5, 0.6) is 0 Å². The van der Waals surface area contributed by atoms with Crippen molar-refractivity contribution in [3.05, 3.63) is 11.6 Å². The Morgan fingerprint density at radius 1 is 0.655 bits per heavy atom. The van der Waals surface area contributed by atoms with Crippen LogP contribution in [0.2, 0.25) is 0 Å². The number of aliphatic hydroxyl groups excluding tert-OH is 12. The SMILES string of the molecule is CC(C)C(C)C(=O)CC(C)(O)C1CCC2C3CC(OC4OC(C)C(O)C(OC5OCC(OC6OC(CO)C(O)C(O)C6OC6OC(C)C(O)C(O)C6O)C(O)C5OC5OC(C)C(O)C(O)C5O)C4O)C4CC(OS(=O)(=O)[O-])CCC4(C)C3=CCC21C.[Na+]. The van der Waals surface area contributed by atoms with Crippen molar-refractivity contribution in [1.29, 1.82) is 0 Å². The molecule has 8 fully saturated rings. The number of carbonyl (C=O) groups is 1. The summed E-state index contributed by atoms with van der Waals surface area (Å²) in [6, 6.07) is 0. The predicted octanol–water partition coefficient (Wildman–Crippen LogP) is -5.77. The number of Topliss-reactive ketones (excluding diaryl/α,β-unsaturated/α-hetero) is 1. The van der Waals surface area contributed by atoms with Gasteiger partial charge in [-0.25, -0.2) is 8.42 Å². The van der Waals surface area contributed by atoms with Crippen molar-refractivity contribution in [2.24, 2.45) is 46.3 Å². The molecule has 0 aromatic rings. The second-order valence-corrected chi connectivity index (χ2v) is 28.0. The molecule has 496 valence electrons. The molecule has 34 unspecified atom stereocenters. The van der Waals surface area contributed by atoms with Gasteiger partial charge in [-0.05, 0) is 113 Å². The summed E-state index contributed by atoms with van der Waals surface area (Å²) in [7, 11) is -5.14. The minimum atomic E-state index is -5.14. The van der Waals surface area contributed by atoms with Crippen LogP contribution in [0.1, 0.15) is 114 Å². The van der Waals surface area contributed by atoms with Crippen molar-refractivity contribution in [3.8, 4) is 0 Å². The molecule has 0 spiro atoms. The number of aliphatic hydroxyl groups is 13. The largest absolute Gasteiger partial charge is 1.00 e. The Morgan fingerprint density at radius 3 is 1.76 bits per heavy atom. The second kappa shape index (κ2) is 28.0. The van der Waals surface area contributed by atoms with E-state index in [1.807, 2.05) is 20.8 Å². The zero-order valence-corrected chi connectivity index (χ0v) is 53.8. The van der Waals surface area contributed by atoms with E-state index in [9.17, 15) is 84.1 Å². The molecule has 30 heteroatoms. The van der Waals surface area contributed by atoms with Crippen LogP contribution in [0.3, 0.4) is 0 Å². The van der Waals surface area contributed by atoms with E-state index in [0.717, 1.165) is 5.57 Å². The summed E-state index contributed by atoms with van der Waals surface area (Å²) in [6.07, 6.45) is -37.9. The third kappa shape index (κ3) is 14.3. The molecule has 34 atom stereocenters. The average Bonchev–Trinajstić information content (AvgIpc) is 1.70. The smallest absolute Gasteiger partial charge is 0.726 e. The molecule has 28 nitrogen and oxygen atoms in total. The van der Waals surface area contributed by atoms with Gasteiger partial charge in [0.15, 0.2) is 31.5 Å². The Balaban J connectivity index is 0.00000982. The van der Waals surface area contributed by atoms with Crippen molar-refractivity contribution < 1.29 is 165 Å². The van der Waals surface area contributed by atoms with Gasteiger partial charge in [0, 0.05) is 12.3 Å². The van der Waals surface area contributed by atoms with E-state index in [1.54, 1.807) is 6.92 Å². The summed E-state index contributed by atoms with van der Waals surface area (Å²) in [5.41, 5.74) is -1.35. The van der Waals surface area contributed by atoms with Gasteiger partial charge in [-0.2, -0.15) is 0 Å². The number of carbonyl (C=O) groups excluding carboxylic acids is 1. The topological polar surface area (TPSA) is 439 Å². The van der Waals surface area contributed by atoms with Crippen LogP contribution in [0.25, 0.3) is 0 Å². The standard InChI is InChI=1S/C57H94O28S.Na/c1-21(2)22(3)31(59)18-57(9,71)35-11-10-28-27-17-32(30-16-26(85-86(72,73)74)12-14-55(30,7)29(27)13-15-56(28,35)8)79-52-46(70)47(38(62)25(6)78-52)82-53-48(83-50-44(68)41(65)36(60)23(4)76-50)40(64)34(20-75-53)81-54-49(43(67)39(63)33(19-58)80-54)84-51-45(69)42(66)37(61)24(5)77-51;/h13,21-28,30,32-54,58,60-71H,10-12,14-20H2,1-9H3,(H,72,73,74);/q;+1/p-1. The van der Waals surface area contributed by atoms with E-state index in [4.69, 9.17) is 51.6 Å². The zero-order chi connectivity index (χ0) is 63.2. The Hall–Kier alpha value is -0.640. The van der Waals surface area contributed by atoms with Crippen molar-refractivity contribution in [2.45, 2.75) is 279 Å². The number of hydrogen-bond acceptors (Lipinski definition) is 28. The fraction of sp³-hybridized carbons (Fsp3) is 0.947. The third-order valence-electron chi connectivity index (χ3n) is 21.1. The van der Waals surface area contributed by atoms with Crippen LogP contribution in [-0.4, -0.2) is 264 Å². The first kappa shape index (κ1) is 72.2. The number of ether oxygens (including phenoxy) is 10. The maximum absolute atomic E-state index is 13.5. The summed E-state index contributed by atoms with van der Waals surface area (Å²) >= 11 is 0. The van der Waals surface area contributed by atoms with Crippen molar-refractivity contribution in [1.82, 2.24) is 0 Å². The first-order valence-corrected chi connectivity index (χ1v) is 31.7. The van der Waals surface area contributed by atoms with Crippen molar-refractivity contribution in [3.63, 3.8) is 0 Å². The first-order valence-electron chi connectivity index (χ1n) is 30.3. The average molecular weight is 1280 g/mol. The maximum Gasteiger partial charge on any atom is 1.00 e. The monoisotopic (exact) mass is 1280 g/mol. The predicted molar refractivity (Wildman–Crippen MR) is 288 cm³/mol. The molecular weight excluding hydrogens is 1190 g/mol. The second-order valence-electron chi connectivity index (χ2n) is 27.0. The van der Waals surface area contributed by atoms with Crippen LogP contribution < -0.4 is 29.6 Å². The van der Waals surface area contributed by atoms with E-state index in [-0.39, 0.29) is 84.2 Å². The van der Waals surface area contributed by atoms with Gasteiger partial charge < -0.3 is 118 Å². The van der Waals surface area contributed by atoms with Gasteiger partial charge in [0.25, 0.3) is 0 Å². The molecule has 5 heterocycles. The molecule has 0 radical (unpaired) electrons. The van der Waals surface area contributed by atoms with Gasteiger partial charge in [0.05, 0.1) is 49.3 Å². The van der Waals surface area contributed by atoms with E-state index in [2.05, 4.69) is 19.9 Å². The summed E-state index contributed by atoms with van der Waals surface area (Å²) in [5, 5.41) is 145. The molecule has 9 aliphatic rings. The zero-order valence-electron chi connectivity index (χ0n) is 51.0. The van der Waals surface area contributed by atoms with Crippen LogP contribution in [0.15, 0.2) is 11.6 Å². The maximum atomic E-state index is 13.5. The third-order valence-corrected chi connectivity index (χ3v) is 21.6. The van der Waals surface area contributed by atoms with Crippen LogP contribution in [0.4, 0.5) is 0 Å². The molecule has 5 aliphatic heterocycles. The minimum Gasteiger partial charge on any atom is -0.726 e. The summed E-state index contributed by atoms with van der Waals surface area (Å²) < 4.78 is 102. The molecule has 5 saturated heterocycles.